The molecular weight excluding hydrogens is 408 g/mol. The third kappa shape index (κ3) is 3.81. The third-order valence-electron chi connectivity index (χ3n) is 5.80. The van der Waals surface area contributed by atoms with Crippen molar-refractivity contribution < 1.29 is 9.72 Å². The Hall–Kier alpha value is -3.75. The first-order valence-electron chi connectivity index (χ1n) is 10.8. The molecule has 0 atom stereocenters. The molecule has 9 heteroatoms. The predicted octanol–water partition coefficient (Wildman–Crippen LogP) is 3.87. The summed E-state index contributed by atoms with van der Waals surface area (Å²) in [4.78, 5) is 40.0. The second kappa shape index (κ2) is 8.78. The van der Waals surface area contributed by atoms with E-state index in [2.05, 4.69) is 0 Å². The van der Waals surface area contributed by atoms with Crippen molar-refractivity contribution in [1.82, 2.24) is 9.97 Å². The zero-order valence-electron chi connectivity index (χ0n) is 18.5. The van der Waals surface area contributed by atoms with E-state index in [1.165, 1.54) is 12.1 Å². The Morgan fingerprint density at radius 2 is 1.72 bits per heavy atom. The Labute approximate surface area is 186 Å². The first-order valence-corrected chi connectivity index (χ1v) is 10.8. The molecule has 2 aromatic carbocycles. The summed E-state index contributed by atoms with van der Waals surface area (Å²) >= 11 is 0. The molecule has 1 aliphatic rings. The molecule has 0 spiro atoms. The van der Waals surface area contributed by atoms with E-state index in [0.717, 1.165) is 18.5 Å². The smallest absolute Gasteiger partial charge is 0.270 e. The van der Waals surface area contributed by atoms with E-state index in [-0.39, 0.29) is 11.6 Å². The van der Waals surface area contributed by atoms with E-state index in [1.54, 1.807) is 11.0 Å². The normalized spacial score (nSPS) is 13.6. The molecule has 166 valence electrons. The van der Waals surface area contributed by atoms with Crippen LogP contribution in [0.5, 0.6) is 0 Å². The Morgan fingerprint density at radius 1 is 1.06 bits per heavy atom. The summed E-state index contributed by atoms with van der Waals surface area (Å²) in [7, 11) is 1.94. The molecule has 9 nitrogen and oxygen atoms in total. The minimum absolute atomic E-state index is 0.110. The minimum atomic E-state index is -0.472. The van der Waals surface area contributed by atoms with Crippen LogP contribution >= 0.6 is 0 Å². The van der Waals surface area contributed by atoms with Gasteiger partial charge in [-0.2, -0.15) is 0 Å². The number of para-hydroxylation sites is 2. The van der Waals surface area contributed by atoms with Crippen molar-refractivity contribution in [1.29, 1.82) is 0 Å². The maximum absolute atomic E-state index is 13.9. The van der Waals surface area contributed by atoms with Gasteiger partial charge in [-0.25, -0.2) is 9.97 Å². The maximum atomic E-state index is 13.9. The van der Waals surface area contributed by atoms with E-state index in [4.69, 9.17) is 9.97 Å². The lowest BCUT2D eigenvalue weighted by Gasteiger charge is -2.27. The van der Waals surface area contributed by atoms with Crippen LogP contribution in [0.3, 0.4) is 0 Å². The molecular formula is C23H26N6O3. The fraction of sp³-hybridized carbons (Fsp3) is 0.348. The summed E-state index contributed by atoms with van der Waals surface area (Å²) in [5.41, 5.74) is 2.32. The monoisotopic (exact) mass is 434 g/mol. The van der Waals surface area contributed by atoms with Gasteiger partial charge in [0.2, 0.25) is 0 Å². The second-order valence-electron chi connectivity index (χ2n) is 7.72. The predicted molar refractivity (Wildman–Crippen MR) is 126 cm³/mol. The summed E-state index contributed by atoms with van der Waals surface area (Å²) < 4.78 is 0. The number of benzene rings is 2. The van der Waals surface area contributed by atoms with Gasteiger partial charge in [0.1, 0.15) is 0 Å². The van der Waals surface area contributed by atoms with Gasteiger partial charge >= 0.3 is 0 Å². The van der Waals surface area contributed by atoms with E-state index in [0.29, 0.717) is 48.0 Å². The number of fused-ring (bicyclic) bond motifs is 2. The number of nitro benzene ring substituents is 1. The zero-order chi connectivity index (χ0) is 22.8. The zero-order valence-corrected chi connectivity index (χ0v) is 18.5. The highest BCUT2D eigenvalue weighted by molar-refractivity contribution is 6.11. The molecule has 0 bridgehead atoms. The topological polar surface area (TPSA) is 95.7 Å². The number of hydrogen-bond donors (Lipinski definition) is 0. The molecule has 1 aliphatic heterocycles. The summed E-state index contributed by atoms with van der Waals surface area (Å²) in [5.74, 6) is 0.798. The quantitative estimate of drug-likeness (QED) is 0.444. The highest BCUT2D eigenvalue weighted by Gasteiger charge is 2.30. The number of carbonyl (C=O) groups excluding carboxylic acids is 1. The first-order chi connectivity index (χ1) is 15.4. The van der Waals surface area contributed by atoms with Gasteiger partial charge in [0.15, 0.2) is 11.6 Å². The van der Waals surface area contributed by atoms with Gasteiger partial charge in [-0.1, -0.05) is 12.1 Å². The van der Waals surface area contributed by atoms with E-state index in [9.17, 15) is 14.9 Å². The van der Waals surface area contributed by atoms with Crippen LogP contribution in [0, 0.1) is 10.1 Å². The summed E-state index contributed by atoms with van der Waals surface area (Å²) in [6, 6.07) is 12.0. The summed E-state index contributed by atoms with van der Waals surface area (Å²) in [6.07, 6.45) is 0.728. The molecule has 0 fully saturated rings. The second-order valence-corrected chi connectivity index (χ2v) is 7.72. The number of non-ortho nitro benzene ring substituents is 1. The average Bonchev–Trinajstić information content (AvgIpc) is 2.96. The van der Waals surface area contributed by atoms with E-state index >= 15 is 0 Å². The molecule has 0 saturated carbocycles. The highest BCUT2D eigenvalue weighted by Crippen LogP contribution is 2.33. The molecule has 1 aromatic heterocycles. The van der Waals surface area contributed by atoms with Crippen molar-refractivity contribution in [2.24, 2.45) is 0 Å². The SMILES string of the molecule is CCN(CC)c1ccc([N+](=O)[O-])cc1C(=O)N1CCCN(C)c2nc3ccccc3nc21. The van der Waals surface area contributed by atoms with Gasteiger partial charge in [0.05, 0.1) is 27.2 Å². The molecule has 0 saturated heterocycles. The molecule has 2 heterocycles. The van der Waals surface area contributed by atoms with E-state index < -0.39 is 4.92 Å². The molecule has 0 unspecified atom stereocenters. The van der Waals surface area contributed by atoms with Crippen LogP contribution in [0.1, 0.15) is 30.6 Å². The van der Waals surface area contributed by atoms with Crippen molar-refractivity contribution in [3.63, 3.8) is 0 Å². The fourth-order valence-electron chi connectivity index (χ4n) is 4.09. The van der Waals surface area contributed by atoms with Crippen LogP contribution in [-0.4, -0.2) is 54.0 Å². The maximum Gasteiger partial charge on any atom is 0.270 e. The van der Waals surface area contributed by atoms with Gasteiger partial charge in [0, 0.05) is 45.4 Å². The minimum Gasteiger partial charge on any atom is -0.371 e. The van der Waals surface area contributed by atoms with Crippen LogP contribution < -0.4 is 14.7 Å². The fourth-order valence-corrected chi connectivity index (χ4v) is 4.09. The van der Waals surface area contributed by atoms with Gasteiger partial charge in [-0.3, -0.25) is 19.8 Å². The lowest BCUT2D eigenvalue weighted by Crippen LogP contribution is -2.34. The third-order valence-corrected chi connectivity index (χ3v) is 5.80. The molecule has 0 N–H and O–H groups in total. The van der Waals surface area contributed by atoms with Crippen LogP contribution in [-0.2, 0) is 0 Å². The van der Waals surface area contributed by atoms with Crippen molar-refractivity contribution in [3.8, 4) is 0 Å². The van der Waals surface area contributed by atoms with Crippen molar-refractivity contribution in [3.05, 3.63) is 58.1 Å². The number of amides is 1. The number of anilines is 3. The van der Waals surface area contributed by atoms with Crippen molar-refractivity contribution in [2.45, 2.75) is 20.3 Å². The molecule has 0 aliphatic carbocycles. The standard InChI is InChI=1S/C23H26N6O3/c1-4-27(5-2)20-12-11-16(29(31)32)15-17(20)23(30)28-14-8-13-26(3)21-22(28)25-19-10-7-6-9-18(19)24-21/h6-7,9-12,15H,4-5,8,13-14H2,1-3H3. The van der Waals surface area contributed by atoms with Gasteiger partial charge in [0.25, 0.3) is 11.6 Å². The number of rotatable bonds is 5. The Bertz CT molecular complexity index is 1180. The first kappa shape index (κ1) is 21.5. The molecule has 32 heavy (non-hydrogen) atoms. The molecule has 1 amide bonds. The molecule has 0 radical (unpaired) electrons. The van der Waals surface area contributed by atoms with Crippen molar-refractivity contribution >= 4 is 40.0 Å². The average molecular weight is 435 g/mol. The molecule has 3 aromatic rings. The lowest BCUT2D eigenvalue weighted by molar-refractivity contribution is -0.384. The number of nitro groups is 1. The summed E-state index contributed by atoms with van der Waals surface area (Å²) in [6.45, 7) is 6.52. The largest absolute Gasteiger partial charge is 0.371 e. The Morgan fingerprint density at radius 3 is 2.34 bits per heavy atom. The molecule has 4 rings (SSSR count). The van der Waals surface area contributed by atoms with Gasteiger partial charge in [-0.15, -0.1) is 0 Å². The Balaban J connectivity index is 1.88. The Kier molecular flexibility index (Phi) is 5.89. The van der Waals surface area contributed by atoms with Gasteiger partial charge < -0.3 is 9.80 Å². The van der Waals surface area contributed by atoms with Crippen LogP contribution in [0.2, 0.25) is 0 Å². The van der Waals surface area contributed by atoms with E-state index in [1.807, 2.05) is 55.0 Å². The number of nitrogens with zero attached hydrogens (tertiary/aromatic N) is 6. The highest BCUT2D eigenvalue weighted by atomic mass is 16.6. The number of carbonyl (C=O) groups is 1. The van der Waals surface area contributed by atoms with Crippen LogP contribution in [0.25, 0.3) is 11.0 Å². The van der Waals surface area contributed by atoms with Crippen molar-refractivity contribution in [2.75, 3.05) is 47.9 Å². The summed E-state index contributed by atoms with van der Waals surface area (Å²) in [5, 5.41) is 11.5. The number of hydrogen-bond acceptors (Lipinski definition) is 7. The van der Waals surface area contributed by atoms with Crippen LogP contribution in [0.15, 0.2) is 42.5 Å². The number of aromatic nitrogens is 2. The van der Waals surface area contributed by atoms with Crippen LogP contribution in [0.4, 0.5) is 23.0 Å². The van der Waals surface area contributed by atoms with Gasteiger partial charge in [-0.05, 0) is 38.5 Å². The lowest BCUT2D eigenvalue weighted by atomic mass is 10.1.